The van der Waals surface area contributed by atoms with Crippen LogP contribution in [-0.2, 0) is 0 Å². The Hall–Kier alpha value is -1.15. The van der Waals surface area contributed by atoms with Crippen LogP contribution < -0.4 is 5.32 Å². The Morgan fingerprint density at radius 1 is 1.06 bits per heavy atom. The first-order valence-electron chi connectivity index (χ1n) is 6.03. The van der Waals surface area contributed by atoms with Gasteiger partial charge < -0.3 is 5.32 Å². The monoisotopic (exact) mass is 233 g/mol. The molecule has 0 atom stereocenters. The number of carbonyl (C=O) groups excluding carboxylic acids is 1. The van der Waals surface area contributed by atoms with E-state index in [4.69, 9.17) is 0 Å². The molecule has 0 saturated heterocycles. The molecule has 17 heavy (non-hydrogen) atoms. The average molecular weight is 233 g/mol. The number of likely N-dealkylation sites (N-methyl/N-ethyl adjacent to an activating group) is 1. The lowest BCUT2D eigenvalue weighted by molar-refractivity contribution is 0.0888. The van der Waals surface area contributed by atoms with Crippen LogP contribution in [0.2, 0.25) is 0 Å². The number of ketones is 1. The smallest absolute Gasteiger partial charge is 0.182 e. The van der Waals surface area contributed by atoms with E-state index in [1.807, 2.05) is 34.7 Å². The van der Waals surface area contributed by atoms with Gasteiger partial charge in [-0.15, -0.1) is 0 Å². The number of benzene rings is 1. The molecule has 1 aromatic rings. The maximum atomic E-state index is 12.6. The van der Waals surface area contributed by atoms with Crippen LogP contribution in [0.25, 0.3) is 0 Å². The molecule has 0 bridgehead atoms. The second kappa shape index (κ2) is 4.61. The van der Waals surface area contributed by atoms with E-state index in [-0.39, 0.29) is 5.78 Å². The van der Waals surface area contributed by atoms with Gasteiger partial charge in [0.15, 0.2) is 5.78 Å². The van der Waals surface area contributed by atoms with Crippen LogP contribution >= 0.6 is 0 Å². The Kier molecular flexibility index (Phi) is 3.78. The fourth-order valence-corrected chi connectivity index (χ4v) is 1.98. The van der Waals surface area contributed by atoms with Crippen LogP contribution in [0.15, 0.2) is 6.07 Å². The SMILES string of the molecule is CNC(C)(C)C(=O)c1c(C)c(C)cc(C)c1C. The third kappa shape index (κ3) is 2.42. The zero-order valence-electron chi connectivity index (χ0n) is 12.0. The summed E-state index contributed by atoms with van der Waals surface area (Å²) in [6.07, 6.45) is 0. The van der Waals surface area contributed by atoms with Crippen LogP contribution in [0.4, 0.5) is 0 Å². The van der Waals surface area contributed by atoms with Gasteiger partial charge in [-0.25, -0.2) is 0 Å². The third-order valence-corrected chi connectivity index (χ3v) is 3.79. The number of Topliss-reactive ketones (excluding diaryl/α,β-unsaturated/α-hetero) is 1. The first-order chi connectivity index (χ1) is 7.72. The highest BCUT2D eigenvalue weighted by Crippen LogP contribution is 2.25. The van der Waals surface area contributed by atoms with Crippen LogP contribution in [-0.4, -0.2) is 18.4 Å². The Bertz CT molecular complexity index is 432. The number of hydrogen-bond acceptors (Lipinski definition) is 2. The van der Waals surface area contributed by atoms with Gasteiger partial charge in [0.2, 0.25) is 0 Å². The molecule has 0 unspecified atom stereocenters. The van der Waals surface area contributed by atoms with E-state index in [0.29, 0.717) is 0 Å². The molecular weight excluding hydrogens is 210 g/mol. The van der Waals surface area contributed by atoms with Crippen molar-refractivity contribution in [2.75, 3.05) is 7.05 Å². The largest absolute Gasteiger partial charge is 0.308 e. The lowest BCUT2D eigenvalue weighted by Crippen LogP contribution is -2.45. The average Bonchev–Trinajstić information content (AvgIpc) is 2.26. The predicted octanol–water partition coefficient (Wildman–Crippen LogP) is 3.10. The molecule has 2 heteroatoms. The lowest BCUT2D eigenvalue weighted by Gasteiger charge is -2.25. The number of nitrogens with one attached hydrogen (secondary N) is 1. The summed E-state index contributed by atoms with van der Waals surface area (Å²) in [5.41, 5.74) is 4.92. The molecule has 0 radical (unpaired) electrons. The molecule has 0 fully saturated rings. The Balaban J connectivity index is 3.47. The van der Waals surface area contributed by atoms with Crippen molar-refractivity contribution in [3.63, 3.8) is 0 Å². The van der Waals surface area contributed by atoms with Gasteiger partial charge in [-0.2, -0.15) is 0 Å². The van der Waals surface area contributed by atoms with Gasteiger partial charge in [0.25, 0.3) is 0 Å². The first kappa shape index (κ1) is 13.9. The minimum atomic E-state index is -0.518. The minimum Gasteiger partial charge on any atom is -0.308 e. The molecule has 0 aliphatic carbocycles. The predicted molar refractivity (Wildman–Crippen MR) is 72.9 cm³/mol. The summed E-state index contributed by atoms with van der Waals surface area (Å²) in [6.45, 7) is 12.0. The van der Waals surface area contributed by atoms with E-state index in [9.17, 15) is 4.79 Å². The van der Waals surface area contributed by atoms with E-state index in [0.717, 1.165) is 16.7 Å². The first-order valence-corrected chi connectivity index (χ1v) is 6.03. The highest BCUT2D eigenvalue weighted by Gasteiger charge is 2.29. The van der Waals surface area contributed by atoms with Crippen LogP contribution in [0.1, 0.15) is 46.5 Å². The second-order valence-corrected chi connectivity index (χ2v) is 5.34. The van der Waals surface area contributed by atoms with Crippen molar-refractivity contribution >= 4 is 5.78 Å². The molecule has 1 aromatic carbocycles. The molecule has 1 rings (SSSR count). The van der Waals surface area contributed by atoms with Crippen LogP contribution in [0.3, 0.4) is 0 Å². The molecule has 0 amide bonds. The van der Waals surface area contributed by atoms with E-state index in [2.05, 4.69) is 25.2 Å². The summed E-state index contributed by atoms with van der Waals surface area (Å²) in [5.74, 6) is 0.168. The topological polar surface area (TPSA) is 29.1 Å². The van der Waals surface area contributed by atoms with Gasteiger partial charge in [0, 0.05) is 5.56 Å². The fraction of sp³-hybridized carbons (Fsp3) is 0.533. The molecule has 94 valence electrons. The maximum absolute atomic E-state index is 12.6. The molecular formula is C15H23NO. The zero-order valence-corrected chi connectivity index (χ0v) is 12.0. The van der Waals surface area contributed by atoms with Crippen molar-refractivity contribution < 1.29 is 4.79 Å². The van der Waals surface area contributed by atoms with Crippen molar-refractivity contribution in [1.29, 1.82) is 0 Å². The van der Waals surface area contributed by atoms with Crippen LogP contribution in [0.5, 0.6) is 0 Å². The summed E-state index contributed by atoms with van der Waals surface area (Å²) in [5, 5.41) is 3.08. The minimum absolute atomic E-state index is 0.168. The van der Waals surface area contributed by atoms with Gasteiger partial charge in [0.05, 0.1) is 5.54 Å². The standard InChI is InChI=1S/C15H23NO/c1-9-8-10(2)12(4)13(11(9)3)14(17)15(5,6)16-7/h8,16H,1-7H3. The second-order valence-electron chi connectivity index (χ2n) is 5.34. The van der Waals surface area contributed by atoms with Gasteiger partial charge in [0.1, 0.15) is 0 Å². The summed E-state index contributed by atoms with van der Waals surface area (Å²) in [7, 11) is 1.82. The number of rotatable bonds is 3. The summed E-state index contributed by atoms with van der Waals surface area (Å²) in [6, 6.07) is 2.15. The van der Waals surface area contributed by atoms with Gasteiger partial charge in [-0.1, -0.05) is 6.07 Å². The van der Waals surface area contributed by atoms with Crippen molar-refractivity contribution in [2.45, 2.75) is 47.1 Å². The van der Waals surface area contributed by atoms with E-state index >= 15 is 0 Å². The highest BCUT2D eigenvalue weighted by molar-refractivity contribution is 6.05. The van der Waals surface area contributed by atoms with Crippen molar-refractivity contribution in [1.82, 2.24) is 5.32 Å². The summed E-state index contributed by atoms with van der Waals surface area (Å²) < 4.78 is 0. The molecule has 0 heterocycles. The number of carbonyl (C=O) groups is 1. The molecule has 0 aliphatic rings. The van der Waals surface area contributed by atoms with Crippen molar-refractivity contribution in [3.05, 3.63) is 33.9 Å². The van der Waals surface area contributed by atoms with Crippen LogP contribution in [0, 0.1) is 27.7 Å². The quantitative estimate of drug-likeness (QED) is 0.813. The third-order valence-electron chi connectivity index (χ3n) is 3.79. The molecule has 0 saturated carbocycles. The van der Waals surface area contributed by atoms with Gasteiger partial charge in [-0.3, -0.25) is 4.79 Å². The molecule has 2 nitrogen and oxygen atoms in total. The molecule has 0 spiro atoms. The Labute approximate surface area is 104 Å². The lowest BCUT2D eigenvalue weighted by atomic mass is 9.85. The van der Waals surface area contributed by atoms with Gasteiger partial charge in [-0.05, 0) is 70.8 Å². The fourth-order valence-electron chi connectivity index (χ4n) is 1.98. The molecule has 0 aliphatic heterocycles. The number of aryl methyl sites for hydroxylation is 2. The van der Waals surface area contributed by atoms with Gasteiger partial charge >= 0.3 is 0 Å². The van der Waals surface area contributed by atoms with Crippen molar-refractivity contribution in [3.8, 4) is 0 Å². The maximum Gasteiger partial charge on any atom is 0.182 e. The van der Waals surface area contributed by atoms with E-state index in [1.54, 1.807) is 0 Å². The van der Waals surface area contributed by atoms with E-state index < -0.39 is 5.54 Å². The summed E-state index contributed by atoms with van der Waals surface area (Å²) in [4.78, 5) is 12.6. The molecule has 1 N–H and O–H groups in total. The van der Waals surface area contributed by atoms with Crippen molar-refractivity contribution in [2.24, 2.45) is 0 Å². The normalized spacial score (nSPS) is 11.7. The Morgan fingerprint density at radius 2 is 1.47 bits per heavy atom. The highest BCUT2D eigenvalue weighted by atomic mass is 16.1. The number of hydrogen-bond donors (Lipinski definition) is 1. The molecule has 0 aromatic heterocycles. The summed E-state index contributed by atoms with van der Waals surface area (Å²) >= 11 is 0. The van der Waals surface area contributed by atoms with E-state index in [1.165, 1.54) is 11.1 Å². The Morgan fingerprint density at radius 3 is 1.82 bits per heavy atom. The zero-order chi connectivity index (χ0) is 13.4.